The van der Waals surface area contributed by atoms with Gasteiger partial charge in [-0.1, -0.05) is 18.6 Å². The third kappa shape index (κ3) is 5.63. The van der Waals surface area contributed by atoms with Crippen LogP contribution in [0.2, 0.25) is 0 Å². The van der Waals surface area contributed by atoms with Crippen LogP contribution in [0.4, 0.5) is 0 Å². The molecule has 94 valence electrons. The Morgan fingerprint density at radius 3 is 2.88 bits per heavy atom. The number of piperidine rings is 1. The molecule has 0 amide bonds. The Balaban J connectivity index is 2.27. The molecular formula is C11H22N2O2S. The highest BCUT2D eigenvalue weighted by Crippen LogP contribution is 2.08. The summed E-state index contributed by atoms with van der Waals surface area (Å²) in [5.74, 6) is 0.211. The van der Waals surface area contributed by atoms with Crippen molar-refractivity contribution in [2.45, 2.75) is 38.6 Å². The maximum absolute atomic E-state index is 11.7. The van der Waals surface area contributed by atoms with E-state index < -0.39 is 10.0 Å². The zero-order valence-electron chi connectivity index (χ0n) is 9.91. The monoisotopic (exact) mass is 246 g/mol. The highest BCUT2D eigenvalue weighted by atomic mass is 32.2. The highest BCUT2D eigenvalue weighted by Gasteiger charge is 2.19. The van der Waals surface area contributed by atoms with Crippen LogP contribution in [-0.2, 0) is 10.0 Å². The van der Waals surface area contributed by atoms with Gasteiger partial charge in [0, 0.05) is 12.6 Å². The maximum Gasteiger partial charge on any atom is 0.213 e. The molecule has 0 spiro atoms. The Morgan fingerprint density at radius 2 is 2.25 bits per heavy atom. The number of hydrogen-bond donors (Lipinski definition) is 2. The van der Waals surface area contributed by atoms with Gasteiger partial charge >= 0.3 is 0 Å². The van der Waals surface area contributed by atoms with Crippen LogP contribution in [0.3, 0.4) is 0 Å². The van der Waals surface area contributed by atoms with E-state index in [4.69, 9.17) is 0 Å². The van der Waals surface area contributed by atoms with E-state index >= 15 is 0 Å². The summed E-state index contributed by atoms with van der Waals surface area (Å²) in [5, 5.41) is 3.24. The molecule has 5 heteroatoms. The lowest BCUT2D eigenvalue weighted by atomic mass is 10.1. The van der Waals surface area contributed by atoms with Crippen molar-refractivity contribution in [3.05, 3.63) is 12.2 Å². The molecule has 1 atom stereocenters. The molecule has 1 heterocycles. The Morgan fingerprint density at radius 1 is 1.44 bits per heavy atom. The molecule has 1 saturated heterocycles. The quantitative estimate of drug-likeness (QED) is 0.543. The Hall–Kier alpha value is -0.390. The summed E-state index contributed by atoms with van der Waals surface area (Å²) in [6, 6.07) is 0.132. The summed E-state index contributed by atoms with van der Waals surface area (Å²) >= 11 is 0. The van der Waals surface area contributed by atoms with Gasteiger partial charge in [0.15, 0.2) is 0 Å². The first-order valence-electron chi connectivity index (χ1n) is 5.96. The molecule has 1 rings (SSSR count). The lowest BCUT2D eigenvalue weighted by Gasteiger charge is -2.23. The van der Waals surface area contributed by atoms with E-state index in [0.29, 0.717) is 6.54 Å². The fraction of sp³-hybridized carbons (Fsp3) is 0.818. The molecular weight excluding hydrogens is 224 g/mol. The summed E-state index contributed by atoms with van der Waals surface area (Å²) in [6.07, 6.45) is 7.90. The van der Waals surface area contributed by atoms with Crippen LogP contribution >= 0.6 is 0 Å². The summed E-state index contributed by atoms with van der Waals surface area (Å²) in [4.78, 5) is 0. The van der Waals surface area contributed by atoms with Crippen LogP contribution in [0.25, 0.3) is 0 Å². The number of sulfonamides is 1. The van der Waals surface area contributed by atoms with Crippen molar-refractivity contribution in [1.29, 1.82) is 0 Å². The van der Waals surface area contributed by atoms with Gasteiger partial charge < -0.3 is 5.32 Å². The molecule has 0 aromatic heterocycles. The van der Waals surface area contributed by atoms with Crippen LogP contribution in [0.5, 0.6) is 0 Å². The minimum Gasteiger partial charge on any atom is -0.313 e. The molecule has 16 heavy (non-hydrogen) atoms. The fourth-order valence-corrected chi connectivity index (χ4v) is 3.22. The van der Waals surface area contributed by atoms with E-state index in [-0.39, 0.29) is 11.8 Å². The second-order valence-electron chi connectivity index (χ2n) is 4.18. The smallest absolute Gasteiger partial charge is 0.213 e. The third-order valence-corrected chi connectivity index (χ3v) is 4.19. The summed E-state index contributed by atoms with van der Waals surface area (Å²) in [5.41, 5.74) is 0. The average molecular weight is 246 g/mol. The predicted molar refractivity (Wildman–Crippen MR) is 66.9 cm³/mol. The van der Waals surface area contributed by atoms with E-state index in [1.54, 1.807) is 0 Å². The van der Waals surface area contributed by atoms with Crippen LogP contribution < -0.4 is 10.0 Å². The lowest BCUT2D eigenvalue weighted by molar-refractivity contribution is 0.422. The van der Waals surface area contributed by atoms with E-state index in [1.165, 1.54) is 0 Å². The van der Waals surface area contributed by atoms with E-state index in [0.717, 1.165) is 32.2 Å². The van der Waals surface area contributed by atoms with Gasteiger partial charge in [-0.15, -0.1) is 0 Å². The van der Waals surface area contributed by atoms with Gasteiger partial charge in [-0.3, -0.25) is 0 Å². The molecule has 0 aromatic carbocycles. The molecule has 0 radical (unpaired) electrons. The van der Waals surface area contributed by atoms with Crippen LogP contribution in [0.1, 0.15) is 32.6 Å². The first kappa shape index (κ1) is 13.7. The molecule has 0 aliphatic carbocycles. The standard InChI is InChI=1S/C11H22N2O2S/c1-2-3-5-9-13-16(14,15)10-11-7-4-6-8-12-11/h2-3,11-13H,4-10H2,1H3/b3-2+. The molecule has 0 saturated carbocycles. The first-order valence-corrected chi connectivity index (χ1v) is 7.61. The predicted octanol–water partition coefficient (Wildman–Crippen LogP) is 1.01. The Labute approximate surface area is 98.6 Å². The van der Waals surface area contributed by atoms with Gasteiger partial charge in [0.2, 0.25) is 10.0 Å². The summed E-state index contributed by atoms with van der Waals surface area (Å²) < 4.78 is 26.0. The van der Waals surface area contributed by atoms with Gasteiger partial charge in [0.1, 0.15) is 0 Å². The van der Waals surface area contributed by atoms with Gasteiger partial charge in [0.05, 0.1) is 5.75 Å². The molecule has 2 N–H and O–H groups in total. The van der Waals surface area contributed by atoms with Gasteiger partial charge in [0.25, 0.3) is 0 Å². The van der Waals surface area contributed by atoms with Crippen LogP contribution in [0, 0.1) is 0 Å². The van der Waals surface area contributed by atoms with Crippen molar-refractivity contribution in [3.8, 4) is 0 Å². The van der Waals surface area contributed by atoms with Crippen molar-refractivity contribution in [3.63, 3.8) is 0 Å². The van der Waals surface area contributed by atoms with E-state index in [9.17, 15) is 8.42 Å². The van der Waals surface area contributed by atoms with Gasteiger partial charge in [-0.05, 0) is 32.7 Å². The molecule has 0 bridgehead atoms. The first-order chi connectivity index (χ1) is 7.64. The van der Waals surface area contributed by atoms with Crippen molar-refractivity contribution in [1.82, 2.24) is 10.0 Å². The fourth-order valence-electron chi connectivity index (χ4n) is 1.85. The molecule has 1 aliphatic rings. The minimum atomic E-state index is -3.11. The largest absolute Gasteiger partial charge is 0.313 e. The van der Waals surface area contributed by atoms with Crippen LogP contribution in [0.15, 0.2) is 12.2 Å². The highest BCUT2D eigenvalue weighted by molar-refractivity contribution is 7.89. The lowest BCUT2D eigenvalue weighted by Crippen LogP contribution is -2.42. The molecule has 0 aromatic rings. The van der Waals surface area contributed by atoms with E-state index in [1.807, 2.05) is 19.1 Å². The van der Waals surface area contributed by atoms with E-state index in [2.05, 4.69) is 10.0 Å². The van der Waals surface area contributed by atoms with Crippen molar-refractivity contribution in [2.24, 2.45) is 0 Å². The summed E-state index contributed by atoms with van der Waals surface area (Å²) in [6.45, 7) is 3.37. The number of hydrogen-bond acceptors (Lipinski definition) is 3. The van der Waals surface area contributed by atoms with Crippen molar-refractivity contribution >= 4 is 10.0 Å². The zero-order chi connectivity index (χ0) is 11.9. The SMILES string of the molecule is C/C=C/CCNS(=O)(=O)CC1CCCCN1. The average Bonchev–Trinajstić information content (AvgIpc) is 2.25. The summed E-state index contributed by atoms with van der Waals surface area (Å²) in [7, 11) is -3.11. The minimum absolute atomic E-state index is 0.132. The normalized spacial score (nSPS) is 22.7. The third-order valence-electron chi connectivity index (χ3n) is 2.70. The number of rotatable bonds is 6. The van der Waals surface area contributed by atoms with Gasteiger partial charge in [-0.2, -0.15) is 0 Å². The van der Waals surface area contributed by atoms with Crippen molar-refractivity contribution in [2.75, 3.05) is 18.8 Å². The second kappa shape index (κ2) is 7.04. The van der Waals surface area contributed by atoms with Crippen molar-refractivity contribution < 1.29 is 8.42 Å². The molecule has 1 fully saturated rings. The second-order valence-corrected chi connectivity index (χ2v) is 6.03. The topological polar surface area (TPSA) is 58.2 Å². The Kier molecular flexibility index (Phi) is 6.01. The maximum atomic E-state index is 11.7. The number of nitrogens with one attached hydrogen (secondary N) is 2. The molecule has 1 aliphatic heterocycles. The Bertz CT molecular complexity index is 306. The van der Waals surface area contributed by atoms with Gasteiger partial charge in [-0.25, -0.2) is 13.1 Å². The van der Waals surface area contributed by atoms with Crippen LogP contribution in [-0.4, -0.2) is 33.3 Å². The zero-order valence-corrected chi connectivity index (χ0v) is 10.7. The molecule has 1 unspecified atom stereocenters. The molecule has 4 nitrogen and oxygen atoms in total. The number of allylic oxidation sites excluding steroid dienone is 1.